The average Bonchev–Trinajstić information content (AvgIpc) is 2.64. The first-order chi connectivity index (χ1) is 7.27. The zero-order chi connectivity index (χ0) is 10.8. The minimum atomic E-state index is -0.307. The summed E-state index contributed by atoms with van der Waals surface area (Å²) in [6, 6.07) is 4.83. The third-order valence-electron chi connectivity index (χ3n) is 2.28. The van der Waals surface area contributed by atoms with Crippen LogP contribution in [0.3, 0.4) is 0 Å². The van der Waals surface area contributed by atoms with Crippen molar-refractivity contribution >= 4 is 17.0 Å². The molecular formula is C12H9FN2. The number of hydrogen-bond acceptors (Lipinski definition) is 1. The number of rotatable bonds is 1. The van der Waals surface area contributed by atoms with E-state index in [-0.39, 0.29) is 5.82 Å². The lowest BCUT2D eigenvalue weighted by molar-refractivity contribution is 0.640. The standard InChI is InChI=1S/C12H9FN2/c1-2-3-9-7-15-12-8(6-14)4-5-10(13)11(9)12/h2-5,7,15H,1H3/b3-2+. The predicted octanol–water partition coefficient (Wildman–Crippen LogP) is 3.21. The maximum atomic E-state index is 13.6. The smallest absolute Gasteiger partial charge is 0.133 e. The fourth-order valence-electron chi connectivity index (χ4n) is 1.64. The molecule has 0 aliphatic heterocycles. The number of H-pyrrole nitrogens is 1. The van der Waals surface area contributed by atoms with Crippen molar-refractivity contribution in [1.82, 2.24) is 4.98 Å². The SMILES string of the molecule is C/C=C/c1c[nH]c2c(C#N)ccc(F)c12. The van der Waals surface area contributed by atoms with Crippen LogP contribution in [0.2, 0.25) is 0 Å². The fourth-order valence-corrected chi connectivity index (χ4v) is 1.64. The molecule has 0 bridgehead atoms. The van der Waals surface area contributed by atoms with Crippen LogP contribution in [0.5, 0.6) is 0 Å². The van der Waals surface area contributed by atoms with Gasteiger partial charge >= 0.3 is 0 Å². The van der Waals surface area contributed by atoms with Crippen LogP contribution >= 0.6 is 0 Å². The molecule has 0 aliphatic carbocycles. The van der Waals surface area contributed by atoms with Gasteiger partial charge in [-0.25, -0.2) is 4.39 Å². The van der Waals surface area contributed by atoms with Crippen molar-refractivity contribution in [1.29, 1.82) is 5.26 Å². The molecule has 0 unspecified atom stereocenters. The van der Waals surface area contributed by atoms with E-state index in [1.165, 1.54) is 12.1 Å². The van der Waals surface area contributed by atoms with Crippen molar-refractivity contribution in [3.8, 4) is 6.07 Å². The zero-order valence-corrected chi connectivity index (χ0v) is 8.21. The molecular weight excluding hydrogens is 191 g/mol. The molecule has 0 amide bonds. The maximum Gasteiger partial charge on any atom is 0.133 e. The van der Waals surface area contributed by atoms with E-state index in [9.17, 15) is 4.39 Å². The van der Waals surface area contributed by atoms with Crippen LogP contribution in [0.1, 0.15) is 18.1 Å². The molecule has 0 saturated heterocycles. The molecule has 1 N–H and O–H groups in total. The normalized spacial score (nSPS) is 11.0. The minimum Gasteiger partial charge on any atom is -0.359 e. The van der Waals surface area contributed by atoms with Gasteiger partial charge in [0.05, 0.1) is 11.1 Å². The number of halogens is 1. The van der Waals surface area contributed by atoms with Gasteiger partial charge in [0.1, 0.15) is 11.9 Å². The Labute approximate surface area is 86.7 Å². The summed E-state index contributed by atoms with van der Waals surface area (Å²) >= 11 is 0. The van der Waals surface area contributed by atoms with E-state index in [1.54, 1.807) is 6.20 Å². The molecule has 1 aromatic heterocycles. The van der Waals surface area contributed by atoms with Gasteiger partial charge in [-0.05, 0) is 19.1 Å². The molecule has 15 heavy (non-hydrogen) atoms. The molecule has 0 aliphatic rings. The Morgan fingerprint density at radius 2 is 2.27 bits per heavy atom. The molecule has 3 heteroatoms. The number of hydrogen-bond donors (Lipinski definition) is 1. The maximum absolute atomic E-state index is 13.6. The highest BCUT2D eigenvalue weighted by molar-refractivity contribution is 5.92. The monoisotopic (exact) mass is 200 g/mol. The van der Waals surface area contributed by atoms with Gasteiger partial charge < -0.3 is 4.98 Å². The van der Waals surface area contributed by atoms with Crippen molar-refractivity contribution in [2.75, 3.05) is 0 Å². The van der Waals surface area contributed by atoms with Gasteiger partial charge in [-0.2, -0.15) is 5.26 Å². The largest absolute Gasteiger partial charge is 0.359 e. The van der Waals surface area contributed by atoms with Gasteiger partial charge in [-0.1, -0.05) is 12.2 Å². The first-order valence-electron chi connectivity index (χ1n) is 4.60. The minimum absolute atomic E-state index is 0.307. The van der Waals surface area contributed by atoms with Crippen LogP contribution in [0, 0.1) is 17.1 Å². The highest BCUT2D eigenvalue weighted by Gasteiger charge is 2.10. The molecule has 74 valence electrons. The predicted molar refractivity (Wildman–Crippen MR) is 57.7 cm³/mol. The number of nitrogens with zero attached hydrogens (tertiary/aromatic N) is 1. The quantitative estimate of drug-likeness (QED) is 0.754. The van der Waals surface area contributed by atoms with Crippen molar-refractivity contribution in [3.63, 3.8) is 0 Å². The van der Waals surface area contributed by atoms with Crippen LogP contribution in [0.25, 0.3) is 17.0 Å². The number of nitriles is 1. The van der Waals surface area contributed by atoms with Crippen molar-refractivity contribution in [2.24, 2.45) is 0 Å². The van der Waals surface area contributed by atoms with E-state index in [2.05, 4.69) is 4.98 Å². The second-order valence-corrected chi connectivity index (χ2v) is 3.20. The Balaban J connectivity index is 2.86. The van der Waals surface area contributed by atoms with E-state index in [1.807, 2.05) is 25.1 Å². The first kappa shape index (κ1) is 9.47. The lowest BCUT2D eigenvalue weighted by Gasteiger charge is -1.96. The van der Waals surface area contributed by atoms with Crippen molar-refractivity contribution in [3.05, 3.63) is 41.3 Å². The topological polar surface area (TPSA) is 39.6 Å². The average molecular weight is 200 g/mol. The molecule has 0 atom stereocenters. The van der Waals surface area contributed by atoms with Gasteiger partial charge in [0.2, 0.25) is 0 Å². The summed E-state index contributed by atoms with van der Waals surface area (Å²) in [7, 11) is 0. The van der Waals surface area contributed by atoms with Crippen LogP contribution < -0.4 is 0 Å². The molecule has 1 heterocycles. The Morgan fingerprint density at radius 3 is 2.93 bits per heavy atom. The van der Waals surface area contributed by atoms with Gasteiger partial charge in [0, 0.05) is 17.1 Å². The molecule has 1 aromatic carbocycles. The fraction of sp³-hybridized carbons (Fsp3) is 0.0833. The molecule has 2 nitrogen and oxygen atoms in total. The lowest BCUT2D eigenvalue weighted by Crippen LogP contribution is -1.82. The number of aromatic nitrogens is 1. The third kappa shape index (κ3) is 1.40. The number of fused-ring (bicyclic) bond motifs is 1. The zero-order valence-electron chi connectivity index (χ0n) is 8.21. The number of allylic oxidation sites excluding steroid dienone is 1. The number of benzene rings is 1. The first-order valence-corrected chi connectivity index (χ1v) is 4.60. The molecule has 0 fully saturated rings. The summed E-state index contributed by atoms with van der Waals surface area (Å²) in [5, 5.41) is 9.33. The Bertz CT molecular complexity index is 573. The van der Waals surface area contributed by atoms with E-state index in [0.717, 1.165) is 5.56 Å². The summed E-state index contributed by atoms with van der Waals surface area (Å²) in [4.78, 5) is 2.92. The molecule has 2 rings (SSSR count). The number of nitrogens with one attached hydrogen (secondary N) is 1. The van der Waals surface area contributed by atoms with E-state index < -0.39 is 0 Å². The van der Waals surface area contributed by atoms with Crippen molar-refractivity contribution < 1.29 is 4.39 Å². The summed E-state index contributed by atoms with van der Waals surface area (Å²) in [5.74, 6) is -0.307. The van der Waals surface area contributed by atoms with Crippen LogP contribution in [-0.4, -0.2) is 4.98 Å². The van der Waals surface area contributed by atoms with Gasteiger partial charge in [0.25, 0.3) is 0 Å². The Hall–Kier alpha value is -2.08. The summed E-state index contributed by atoms with van der Waals surface area (Å²) in [6.45, 7) is 1.87. The Kier molecular flexibility index (Phi) is 2.26. The van der Waals surface area contributed by atoms with Gasteiger partial charge in [-0.3, -0.25) is 0 Å². The van der Waals surface area contributed by atoms with E-state index >= 15 is 0 Å². The third-order valence-corrected chi connectivity index (χ3v) is 2.28. The van der Waals surface area contributed by atoms with E-state index in [0.29, 0.717) is 16.5 Å². The Morgan fingerprint density at radius 1 is 1.47 bits per heavy atom. The molecule has 0 radical (unpaired) electrons. The van der Waals surface area contributed by atoms with Gasteiger partial charge in [0.15, 0.2) is 0 Å². The van der Waals surface area contributed by atoms with Crippen LogP contribution in [0.4, 0.5) is 4.39 Å². The summed E-state index contributed by atoms with van der Waals surface area (Å²) in [6.07, 6.45) is 5.35. The summed E-state index contributed by atoms with van der Waals surface area (Å²) in [5.41, 5.74) is 1.79. The highest BCUT2D eigenvalue weighted by atomic mass is 19.1. The van der Waals surface area contributed by atoms with Crippen molar-refractivity contribution in [2.45, 2.75) is 6.92 Å². The van der Waals surface area contributed by atoms with Crippen LogP contribution in [0.15, 0.2) is 24.4 Å². The molecule has 2 aromatic rings. The van der Waals surface area contributed by atoms with E-state index in [4.69, 9.17) is 5.26 Å². The lowest BCUT2D eigenvalue weighted by atomic mass is 10.1. The number of aromatic amines is 1. The second-order valence-electron chi connectivity index (χ2n) is 3.20. The van der Waals surface area contributed by atoms with Crippen LogP contribution in [-0.2, 0) is 0 Å². The second kappa shape index (κ2) is 3.58. The molecule has 0 saturated carbocycles. The van der Waals surface area contributed by atoms with Gasteiger partial charge in [-0.15, -0.1) is 0 Å². The highest BCUT2D eigenvalue weighted by Crippen LogP contribution is 2.25. The molecule has 0 spiro atoms. The summed E-state index contributed by atoms with van der Waals surface area (Å²) < 4.78 is 13.6.